The van der Waals surface area contributed by atoms with Gasteiger partial charge in [0, 0.05) is 52.8 Å². The van der Waals surface area contributed by atoms with Crippen molar-refractivity contribution in [2.75, 3.05) is 20.1 Å². The number of rotatable bonds is 18. The molecule has 0 aliphatic heterocycles. The molecule has 0 heterocycles. The number of phenolic OH excluding ortho intramolecular Hbond substituents is 2. The zero-order valence-corrected chi connectivity index (χ0v) is 57.9. The van der Waals surface area contributed by atoms with Crippen LogP contribution in [0.25, 0.3) is 21.5 Å². The number of nitrogens with zero attached hydrogens (tertiary/aromatic N) is 4. The van der Waals surface area contributed by atoms with Crippen LogP contribution in [0.5, 0.6) is 11.5 Å². The van der Waals surface area contributed by atoms with E-state index < -0.39 is 86.5 Å². The fraction of sp³-hybridized carbons (Fsp3) is 0.0385. The van der Waals surface area contributed by atoms with E-state index in [1.807, 2.05) is 0 Å². The van der Waals surface area contributed by atoms with Gasteiger partial charge in [-0.3, -0.25) is 28.1 Å². The van der Waals surface area contributed by atoms with Gasteiger partial charge in [-0.15, -0.1) is 20.5 Å². The molecule has 0 saturated carbocycles. The third-order valence-corrected chi connectivity index (χ3v) is 15.4. The van der Waals surface area contributed by atoms with E-state index in [1.165, 1.54) is 60.7 Å². The summed E-state index contributed by atoms with van der Waals surface area (Å²) in [6.07, 6.45) is 0. The number of sulfonamides is 2. The van der Waals surface area contributed by atoms with Crippen molar-refractivity contribution in [2.45, 2.75) is 33.4 Å². The Morgan fingerprint density at radius 1 is 0.435 bits per heavy atom. The zero-order chi connectivity index (χ0) is 58.2. The number of fused-ring (bicyclic) bond motifs is 2. The summed E-state index contributed by atoms with van der Waals surface area (Å²) < 4.78 is 122. The molecule has 0 unspecified atom stereocenters. The van der Waals surface area contributed by atoms with Gasteiger partial charge in [-0.05, 0) is 120 Å². The summed E-state index contributed by atoms with van der Waals surface area (Å²) in [6, 6.07) is 39.2. The van der Waals surface area contributed by atoms with Crippen molar-refractivity contribution in [3.63, 3.8) is 0 Å². The third-order valence-electron chi connectivity index (χ3n) is 11.0. The first kappa shape index (κ1) is 76.0. The van der Waals surface area contributed by atoms with Crippen LogP contribution in [-0.2, 0) is 66.7 Å². The first-order chi connectivity index (χ1) is 37.7. The van der Waals surface area contributed by atoms with Gasteiger partial charge in [0.05, 0.1) is 31.0 Å². The minimum atomic E-state index is -4.46. The van der Waals surface area contributed by atoms with Gasteiger partial charge >= 0.3 is 118 Å². The Morgan fingerprint density at radius 2 is 0.765 bits per heavy atom. The second-order valence-corrected chi connectivity index (χ2v) is 22.9. The number of hydrogen-bond acceptors (Lipinski definition) is 20. The van der Waals surface area contributed by atoms with Crippen LogP contribution in [-0.4, -0.2) is 64.6 Å². The topological polar surface area (TPSA) is 395 Å². The Morgan fingerprint density at radius 3 is 1.08 bits per heavy atom. The predicted molar refractivity (Wildman–Crippen MR) is 290 cm³/mol. The quantitative estimate of drug-likeness (QED) is 0.0133. The number of para-hydroxylation sites is 2. The predicted octanol–water partition coefficient (Wildman–Crippen LogP) is -4.17. The summed E-state index contributed by atoms with van der Waals surface area (Å²) in [5, 5.41) is 66.7. The number of Topliss-reactive ketones (excluding diaryl/α,β-unsaturated/α-hetero) is 2. The molecule has 24 nitrogen and oxygen atoms in total. The number of nitrogens with one attached hydrogen (secondary N) is 4. The third kappa shape index (κ3) is 20.5. The molecule has 1 radical (unpaired) electrons. The molecule has 0 aliphatic rings. The molecule has 0 fully saturated rings. The number of carbonyl (C=O) groups is 2. The van der Waals surface area contributed by atoms with Gasteiger partial charge in [0.25, 0.3) is 40.3 Å². The second kappa shape index (κ2) is 32.8. The maximum absolute atomic E-state index is 13.2. The minimum Gasteiger partial charge on any atom is -0.859 e. The molecular formula is C52H42CoN8Na4O16S4+2. The van der Waals surface area contributed by atoms with Crippen molar-refractivity contribution in [1.82, 2.24) is 0 Å². The summed E-state index contributed by atoms with van der Waals surface area (Å²) in [7, 11) is -17.5. The number of carbonyl (C=O) groups excluding carboxylic acids is 2. The molecule has 0 aromatic heterocycles. The summed E-state index contributed by atoms with van der Waals surface area (Å²) in [5.74, 6) is -4.04. The Hall–Kier alpha value is -5.07. The molecule has 0 saturated heterocycles. The van der Waals surface area contributed by atoms with Crippen LogP contribution in [0.3, 0.4) is 0 Å². The summed E-state index contributed by atoms with van der Waals surface area (Å²) >= 11 is 0. The monoisotopic (exact) mass is 1310 g/mol. The normalized spacial score (nSPS) is 12.0. The molecule has 8 aromatic carbocycles. The fourth-order valence-electron chi connectivity index (χ4n) is 7.11. The van der Waals surface area contributed by atoms with Gasteiger partial charge in [0.15, 0.2) is 11.6 Å². The maximum atomic E-state index is 13.2. The fourth-order valence-corrected chi connectivity index (χ4v) is 10.3. The number of aromatic hydroxyl groups is 2. The number of azo groups is 2. The van der Waals surface area contributed by atoms with Gasteiger partial charge in [-0.25, -0.2) is 16.8 Å². The van der Waals surface area contributed by atoms with E-state index in [4.69, 9.17) is 0 Å². The van der Waals surface area contributed by atoms with Crippen molar-refractivity contribution >= 4 is 108 Å². The summed E-state index contributed by atoms with van der Waals surface area (Å²) in [5.41, 5.74) is -0.767. The molecule has 33 heteroatoms. The van der Waals surface area contributed by atoms with Crippen molar-refractivity contribution in [3.8, 4) is 11.5 Å². The Kier molecular flexibility index (Phi) is 29.3. The van der Waals surface area contributed by atoms with E-state index >= 15 is 0 Å². The molecule has 0 atom stereocenters. The van der Waals surface area contributed by atoms with E-state index in [0.29, 0.717) is 32.9 Å². The first-order valence-corrected chi connectivity index (χ1v) is 28.6. The van der Waals surface area contributed by atoms with Gasteiger partial charge in [-0.1, -0.05) is 72.8 Å². The number of anilines is 4. The average molecular weight is 1310 g/mol. The van der Waals surface area contributed by atoms with Crippen molar-refractivity contribution in [1.29, 1.82) is 0 Å². The number of benzene rings is 8. The molecule has 85 heavy (non-hydrogen) atoms. The second-order valence-electron chi connectivity index (χ2n) is 16.7. The van der Waals surface area contributed by atoms with Crippen molar-refractivity contribution in [3.05, 3.63) is 193 Å². The van der Waals surface area contributed by atoms with Gasteiger partial charge < -0.3 is 31.1 Å². The van der Waals surface area contributed by atoms with E-state index in [-0.39, 0.29) is 177 Å². The van der Waals surface area contributed by atoms with Crippen LogP contribution in [0.4, 0.5) is 34.1 Å². The standard InChI is InChI=1S/2C26H22N4O8S2.Co.4Na/c2*1-16(31)25(26(33)27-18-7-3-2-4-8-18)29-28-23-15-19(11-13-24(23)32)39(34,35)30-22-9-5-6-17-14-20(40(36,37)38)10-12-21(17)22;;;;;/h2*2-15,27,30,32-33H,1H3,(H,36,37,38);;;;;/q;;;4*+1/p-2/b2*26-25-,29-28?;;;;;. The Balaban J connectivity index is 0.000000548. The Labute approximate surface area is 586 Å². The molecule has 8 N–H and O–H groups in total. The minimum absolute atomic E-state index is 0. The number of phenols is 2. The van der Waals surface area contributed by atoms with Crippen LogP contribution in [0.15, 0.2) is 233 Å². The van der Waals surface area contributed by atoms with Gasteiger partial charge in [0.1, 0.15) is 34.3 Å². The molecular weight excluding hydrogens is 1270 g/mol. The molecule has 421 valence electrons. The van der Waals surface area contributed by atoms with Crippen LogP contribution < -0.4 is 149 Å². The van der Waals surface area contributed by atoms with E-state index in [2.05, 4.69) is 40.5 Å². The smallest absolute Gasteiger partial charge is 0.859 e. The molecule has 0 spiro atoms. The van der Waals surface area contributed by atoms with Crippen LogP contribution in [0, 0.1) is 0 Å². The maximum Gasteiger partial charge on any atom is 1.00 e. The van der Waals surface area contributed by atoms with Crippen molar-refractivity contribution < 1.29 is 208 Å². The molecule has 8 aromatic rings. The summed E-state index contributed by atoms with van der Waals surface area (Å²) in [4.78, 5) is 22.7. The van der Waals surface area contributed by atoms with Crippen LogP contribution in [0.1, 0.15) is 13.8 Å². The van der Waals surface area contributed by atoms with Crippen molar-refractivity contribution in [2.24, 2.45) is 20.5 Å². The van der Waals surface area contributed by atoms with Gasteiger partial charge in [0.2, 0.25) is 0 Å². The van der Waals surface area contributed by atoms with E-state index in [0.717, 1.165) is 62.4 Å². The molecule has 0 aliphatic carbocycles. The first-order valence-electron chi connectivity index (χ1n) is 22.7. The average Bonchev–Trinajstić information content (AvgIpc) is 3.61. The zero-order valence-electron chi connectivity index (χ0n) is 45.6. The molecule has 0 bridgehead atoms. The SMILES string of the molecule is CC(=O)/C(N=Nc1cc(S(=O)(=O)Nc2cccc3cc(S(=O)(=O)O)ccc23)ccc1O)=C(/[O-])Nc1ccccc1.CC(=O)/C(N=Nc1cc(S(=O)(=O)Nc2cccc3cc(S(=O)(=O)O)ccc23)ccc1O)=C(/[O-])Nc1ccccc1.[Co].[Na+].[Na+].[Na+].[Na+]. The summed E-state index contributed by atoms with van der Waals surface area (Å²) in [6.45, 7) is 2.21. The molecule has 0 amide bonds. The Bertz CT molecular complexity index is 4090. The van der Waals surface area contributed by atoms with E-state index in [9.17, 15) is 72.8 Å². The number of allylic oxidation sites excluding steroid dienone is 2. The van der Waals surface area contributed by atoms with Gasteiger partial charge in [-0.2, -0.15) is 16.8 Å². The number of ketones is 2. The van der Waals surface area contributed by atoms with Crippen LogP contribution >= 0.6 is 0 Å². The number of hydrogen-bond donors (Lipinski definition) is 8. The largest absolute Gasteiger partial charge is 1.00 e. The molecule has 8 rings (SSSR count). The van der Waals surface area contributed by atoms with E-state index in [1.54, 1.807) is 60.7 Å². The van der Waals surface area contributed by atoms with Crippen LogP contribution in [0.2, 0.25) is 0 Å².